The number of nitrogens with two attached hydrogens (primary N) is 1. The lowest BCUT2D eigenvalue weighted by Gasteiger charge is -2.32. The molecule has 0 aromatic heterocycles. The van der Waals surface area contributed by atoms with E-state index in [2.05, 4.69) is 0 Å². The summed E-state index contributed by atoms with van der Waals surface area (Å²) in [6, 6.07) is 5.31. The van der Waals surface area contributed by atoms with E-state index in [9.17, 15) is 9.59 Å². The van der Waals surface area contributed by atoms with Gasteiger partial charge in [-0.2, -0.15) is 0 Å². The number of carbonyl (C=O) groups is 2. The third-order valence-electron chi connectivity index (χ3n) is 3.27. The van der Waals surface area contributed by atoms with Crippen molar-refractivity contribution in [3.8, 4) is 0 Å². The number of amides is 2. The largest absolute Gasteiger partial charge is 0.399 e. The van der Waals surface area contributed by atoms with E-state index >= 15 is 0 Å². The highest BCUT2D eigenvalue weighted by Gasteiger charge is 2.21. The SMILES string of the molecule is Cc1cc(C(=O)N2CCN(C=O)CC2)ccc1N. The predicted molar refractivity (Wildman–Crippen MR) is 69.1 cm³/mol. The number of nitrogen functional groups attached to an aromatic ring is 1. The number of benzene rings is 1. The van der Waals surface area contributed by atoms with Crippen molar-refractivity contribution < 1.29 is 9.59 Å². The molecule has 96 valence electrons. The van der Waals surface area contributed by atoms with Gasteiger partial charge in [-0.05, 0) is 30.7 Å². The van der Waals surface area contributed by atoms with Crippen LogP contribution in [0, 0.1) is 6.92 Å². The molecule has 0 atom stereocenters. The summed E-state index contributed by atoms with van der Waals surface area (Å²) in [6.45, 7) is 4.25. The second-order valence-electron chi connectivity index (χ2n) is 4.50. The van der Waals surface area contributed by atoms with Crippen LogP contribution in [-0.4, -0.2) is 48.3 Å². The summed E-state index contributed by atoms with van der Waals surface area (Å²) < 4.78 is 0. The van der Waals surface area contributed by atoms with Crippen LogP contribution in [-0.2, 0) is 4.79 Å². The van der Waals surface area contributed by atoms with Crippen LogP contribution in [0.4, 0.5) is 5.69 Å². The van der Waals surface area contributed by atoms with Crippen molar-refractivity contribution in [3.05, 3.63) is 29.3 Å². The molecule has 2 N–H and O–H groups in total. The molecule has 1 aliphatic heterocycles. The van der Waals surface area contributed by atoms with Gasteiger partial charge in [-0.3, -0.25) is 9.59 Å². The van der Waals surface area contributed by atoms with E-state index in [1.54, 1.807) is 21.9 Å². The first-order valence-electron chi connectivity index (χ1n) is 5.96. The first kappa shape index (κ1) is 12.4. The van der Waals surface area contributed by atoms with Gasteiger partial charge in [0.15, 0.2) is 0 Å². The molecule has 1 aromatic rings. The molecular formula is C13H17N3O2. The molecule has 2 rings (SSSR count). The smallest absolute Gasteiger partial charge is 0.253 e. The summed E-state index contributed by atoms with van der Waals surface area (Å²) in [6.07, 6.45) is 0.829. The third kappa shape index (κ3) is 2.45. The molecule has 18 heavy (non-hydrogen) atoms. The fourth-order valence-electron chi connectivity index (χ4n) is 2.02. The normalized spacial score (nSPS) is 15.6. The van der Waals surface area contributed by atoms with Gasteiger partial charge in [0.05, 0.1) is 0 Å². The van der Waals surface area contributed by atoms with Gasteiger partial charge in [0, 0.05) is 37.4 Å². The van der Waals surface area contributed by atoms with E-state index in [0.29, 0.717) is 37.4 Å². The molecule has 0 radical (unpaired) electrons. The molecule has 2 amide bonds. The summed E-state index contributed by atoms with van der Waals surface area (Å²) in [4.78, 5) is 26.3. The van der Waals surface area contributed by atoms with E-state index in [1.807, 2.05) is 13.0 Å². The number of piperazine rings is 1. The van der Waals surface area contributed by atoms with Crippen LogP contribution in [0.3, 0.4) is 0 Å². The Kier molecular flexibility index (Phi) is 3.50. The van der Waals surface area contributed by atoms with Crippen LogP contribution in [0.2, 0.25) is 0 Å². The minimum atomic E-state index is 0.00338. The van der Waals surface area contributed by atoms with E-state index in [0.717, 1.165) is 12.0 Å². The van der Waals surface area contributed by atoms with Crippen molar-refractivity contribution >= 4 is 18.0 Å². The zero-order valence-corrected chi connectivity index (χ0v) is 10.4. The molecule has 5 heteroatoms. The molecule has 0 unspecified atom stereocenters. The van der Waals surface area contributed by atoms with Gasteiger partial charge in [0.1, 0.15) is 0 Å². The van der Waals surface area contributed by atoms with Crippen molar-refractivity contribution in [2.45, 2.75) is 6.92 Å². The number of nitrogens with zero attached hydrogens (tertiary/aromatic N) is 2. The van der Waals surface area contributed by atoms with E-state index in [1.165, 1.54) is 0 Å². The maximum atomic E-state index is 12.2. The molecule has 1 aliphatic rings. The highest BCUT2D eigenvalue weighted by atomic mass is 16.2. The Hall–Kier alpha value is -2.04. The quantitative estimate of drug-likeness (QED) is 0.611. The molecule has 1 aromatic carbocycles. The number of hydrogen-bond donors (Lipinski definition) is 1. The Morgan fingerprint density at radius 2 is 1.94 bits per heavy atom. The summed E-state index contributed by atoms with van der Waals surface area (Å²) >= 11 is 0. The van der Waals surface area contributed by atoms with Gasteiger partial charge < -0.3 is 15.5 Å². The molecule has 0 aliphatic carbocycles. The molecule has 0 saturated carbocycles. The lowest BCUT2D eigenvalue weighted by Crippen LogP contribution is -2.48. The zero-order valence-electron chi connectivity index (χ0n) is 10.4. The Balaban J connectivity index is 2.07. The third-order valence-corrected chi connectivity index (χ3v) is 3.27. The minimum Gasteiger partial charge on any atom is -0.399 e. The second kappa shape index (κ2) is 5.08. The fraction of sp³-hybridized carbons (Fsp3) is 0.385. The Labute approximate surface area is 106 Å². The lowest BCUT2D eigenvalue weighted by atomic mass is 10.1. The van der Waals surface area contributed by atoms with E-state index in [4.69, 9.17) is 5.73 Å². The van der Waals surface area contributed by atoms with Gasteiger partial charge in [-0.15, -0.1) is 0 Å². The molecule has 1 fully saturated rings. The summed E-state index contributed by atoms with van der Waals surface area (Å²) in [5.41, 5.74) is 7.99. The van der Waals surface area contributed by atoms with Crippen LogP contribution >= 0.6 is 0 Å². The fourth-order valence-corrected chi connectivity index (χ4v) is 2.02. The van der Waals surface area contributed by atoms with Gasteiger partial charge >= 0.3 is 0 Å². The zero-order chi connectivity index (χ0) is 13.1. The molecule has 0 bridgehead atoms. The number of hydrogen-bond acceptors (Lipinski definition) is 3. The van der Waals surface area contributed by atoms with Crippen LogP contribution < -0.4 is 5.73 Å². The highest BCUT2D eigenvalue weighted by Crippen LogP contribution is 2.15. The van der Waals surface area contributed by atoms with Crippen molar-refractivity contribution in [2.75, 3.05) is 31.9 Å². The van der Waals surface area contributed by atoms with Crippen LogP contribution in [0.25, 0.3) is 0 Å². The Bertz CT molecular complexity index is 465. The van der Waals surface area contributed by atoms with E-state index in [-0.39, 0.29) is 5.91 Å². The van der Waals surface area contributed by atoms with Crippen LogP contribution in [0.15, 0.2) is 18.2 Å². The number of rotatable bonds is 2. The Morgan fingerprint density at radius 1 is 1.28 bits per heavy atom. The maximum Gasteiger partial charge on any atom is 0.253 e. The van der Waals surface area contributed by atoms with Crippen molar-refractivity contribution in [2.24, 2.45) is 0 Å². The van der Waals surface area contributed by atoms with Crippen LogP contribution in [0.5, 0.6) is 0 Å². The van der Waals surface area contributed by atoms with Gasteiger partial charge in [-0.25, -0.2) is 0 Å². The first-order chi connectivity index (χ1) is 8.61. The maximum absolute atomic E-state index is 12.2. The highest BCUT2D eigenvalue weighted by molar-refractivity contribution is 5.95. The monoisotopic (exact) mass is 247 g/mol. The number of anilines is 1. The molecule has 1 saturated heterocycles. The summed E-state index contributed by atoms with van der Waals surface area (Å²) in [7, 11) is 0. The van der Waals surface area contributed by atoms with Gasteiger partial charge in [0.25, 0.3) is 5.91 Å². The van der Waals surface area contributed by atoms with Crippen LogP contribution in [0.1, 0.15) is 15.9 Å². The first-order valence-corrected chi connectivity index (χ1v) is 5.96. The second-order valence-corrected chi connectivity index (χ2v) is 4.50. The number of aryl methyl sites for hydroxylation is 1. The topological polar surface area (TPSA) is 66.6 Å². The number of carbonyl (C=O) groups excluding carboxylic acids is 2. The van der Waals surface area contributed by atoms with E-state index < -0.39 is 0 Å². The minimum absolute atomic E-state index is 0.00338. The molecule has 1 heterocycles. The average Bonchev–Trinajstić information content (AvgIpc) is 2.41. The Morgan fingerprint density at radius 3 is 2.50 bits per heavy atom. The molecule has 0 spiro atoms. The lowest BCUT2D eigenvalue weighted by molar-refractivity contribution is -0.119. The molecule has 5 nitrogen and oxygen atoms in total. The predicted octanol–water partition coefficient (Wildman–Crippen LogP) is 0.491. The average molecular weight is 247 g/mol. The summed E-state index contributed by atoms with van der Waals surface area (Å²) in [5, 5.41) is 0. The van der Waals surface area contributed by atoms with Gasteiger partial charge in [0.2, 0.25) is 6.41 Å². The standard InChI is InChI=1S/C13H17N3O2/c1-10-8-11(2-3-12(10)14)13(18)16-6-4-15(9-17)5-7-16/h2-3,8-9H,4-7,14H2,1H3. The van der Waals surface area contributed by atoms with Crippen molar-refractivity contribution in [1.82, 2.24) is 9.80 Å². The molecular weight excluding hydrogens is 230 g/mol. The van der Waals surface area contributed by atoms with Crippen molar-refractivity contribution in [3.63, 3.8) is 0 Å². The van der Waals surface area contributed by atoms with Gasteiger partial charge in [-0.1, -0.05) is 0 Å². The summed E-state index contributed by atoms with van der Waals surface area (Å²) in [5.74, 6) is 0.00338. The van der Waals surface area contributed by atoms with Crippen molar-refractivity contribution in [1.29, 1.82) is 0 Å².